The van der Waals surface area contributed by atoms with Gasteiger partial charge >= 0.3 is 0 Å². The molecule has 0 unspecified atom stereocenters. The Bertz CT molecular complexity index is 1190. The van der Waals surface area contributed by atoms with E-state index >= 15 is 0 Å². The second-order valence-electron chi connectivity index (χ2n) is 9.34. The van der Waals surface area contributed by atoms with Crippen molar-refractivity contribution in [2.75, 3.05) is 11.2 Å². The standard InChI is InChI=1S/C23H26Cl2FN3O4S/c1-23(2,33-18-8-7-17(26)20(24)21(18)25)22(30)28-13-10-14-4-5-15(11-13)29(14)19-9-6-16(12-27-19)34(3,31)32/h6-9,12-15H,4-5,10-11H2,1-3H3,(H,28,30)/t13-,14+,15-. The summed E-state index contributed by atoms with van der Waals surface area (Å²) in [5, 5.41) is 2.75. The van der Waals surface area contributed by atoms with Crippen LogP contribution in [-0.2, 0) is 14.6 Å². The minimum absolute atomic E-state index is 0.0494. The van der Waals surface area contributed by atoms with Crippen molar-refractivity contribution in [3.63, 3.8) is 0 Å². The van der Waals surface area contributed by atoms with Crippen molar-refractivity contribution in [2.45, 2.75) is 68.2 Å². The lowest BCUT2D eigenvalue weighted by Crippen LogP contribution is -2.55. The quantitative estimate of drug-likeness (QED) is 0.557. The molecule has 2 aliphatic rings. The minimum Gasteiger partial charge on any atom is -0.476 e. The molecule has 11 heteroatoms. The molecule has 4 rings (SSSR count). The molecule has 0 aliphatic carbocycles. The fraction of sp³-hybridized carbons (Fsp3) is 0.478. The second kappa shape index (κ2) is 9.17. The van der Waals surface area contributed by atoms with Gasteiger partial charge in [-0.15, -0.1) is 0 Å². The monoisotopic (exact) mass is 529 g/mol. The van der Waals surface area contributed by atoms with Gasteiger partial charge in [-0.3, -0.25) is 4.79 Å². The fourth-order valence-corrected chi connectivity index (χ4v) is 5.59. The number of hydrogen-bond donors (Lipinski definition) is 1. The molecule has 1 amide bonds. The Morgan fingerprint density at radius 3 is 2.35 bits per heavy atom. The highest BCUT2D eigenvalue weighted by atomic mass is 35.5. The number of nitrogens with zero attached hydrogens (tertiary/aromatic N) is 2. The van der Waals surface area contributed by atoms with Crippen LogP contribution in [0.4, 0.5) is 10.2 Å². The van der Waals surface area contributed by atoms with E-state index in [0.29, 0.717) is 0 Å². The third kappa shape index (κ3) is 4.97. The number of pyridine rings is 1. The van der Waals surface area contributed by atoms with E-state index in [4.69, 9.17) is 27.9 Å². The van der Waals surface area contributed by atoms with E-state index in [1.807, 2.05) is 0 Å². The van der Waals surface area contributed by atoms with E-state index in [9.17, 15) is 17.6 Å². The number of fused-ring (bicyclic) bond motifs is 2. The maximum Gasteiger partial charge on any atom is 0.263 e. The van der Waals surface area contributed by atoms with E-state index in [1.54, 1.807) is 26.0 Å². The predicted molar refractivity (Wildman–Crippen MR) is 129 cm³/mol. The summed E-state index contributed by atoms with van der Waals surface area (Å²) in [4.78, 5) is 19.9. The van der Waals surface area contributed by atoms with Gasteiger partial charge in [0, 0.05) is 30.6 Å². The van der Waals surface area contributed by atoms with E-state index in [2.05, 4.69) is 15.2 Å². The van der Waals surface area contributed by atoms with E-state index in [-0.39, 0.29) is 44.7 Å². The number of carbonyl (C=O) groups excluding carboxylic acids is 1. The lowest BCUT2D eigenvalue weighted by Gasteiger charge is -2.40. The average Bonchev–Trinajstić information content (AvgIpc) is 3.04. The zero-order chi connectivity index (χ0) is 24.8. The van der Waals surface area contributed by atoms with Crippen LogP contribution in [0.3, 0.4) is 0 Å². The maximum atomic E-state index is 13.6. The van der Waals surface area contributed by atoms with Crippen molar-refractivity contribution in [3.8, 4) is 5.75 Å². The van der Waals surface area contributed by atoms with Crippen LogP contribution in [0.1, 0.15) is 39.5 Å². The lowest BCUT2D eigenvalue weighted by molar-refractivity contribution is -0.135. The first-order chi connectivity index (χ1) is 15.9. The Balaban J connectivity index is 1.42. The summed E-state index contributed by atoms with van der Waals surface area (Å²) in [6.45, 7) is 3.24. The molecule has 3 heterocycles. The van der Waals surface area contributed by atoms with E-state index < -0.39 is 21.3 Å². The van der Waals surface area contributed by atoms with Crippen molar-refractivity contribution in [2.24, 2.45) is 0 Å². The molecule has 1 N–H and O–H groups in total. The molecular weight excluding hydrogens is 504 g/mol. The van der Waals surface area contributed by atoms with Crippen molar-refractivity contribution in [1.29, 1.82) is 0 Å². The number of piperidine rings is 1. The molecule has 2 bridgehead atoms. The van der Waals surface area contributed by atoms with Crippen molar-refractivity contribution < 1.29 is 22.3 Å². The number of halogens is 3. The molecule has 3 atom stereocenters. The normalized spacial score (nSPS) is 22.5. The molecule has 2 aliphatic heterocycles. The topological polar surface area (TPSA) is 88.6 Å². The van der Waals surface area contributed by atoms with Gasteiger partial charge < -0.3 is 15.0 Å². The molecule has 184 valence electrons. The molecule has 1 aromatic heterocycles. The number of carbonyl (C=O) groups is 1. The number of nitrogens with one attached hydrogen (secondary N) is 1. The number of aromatic nitrogens is 1. The van der Waals surface area contributed by atoms with E-state index in [1.165, 1.54) is 12.3 Å². The molecule has 2 aromatic rings. The summed E-state index contributed by atoms with van der Waals surface area (Å²) in [6, 6.07) is 6.14. The number of rotatable bonds is 6. The van der Waals surface area contributed by atoms with Crippen molar-refractivity contribution in [3.05, 3.63) is 46.3 Å². The number of benzene rings is 1. The third-order valence-electron chi connectivity index (χ3n) is 6.39. The fourth-order valence-electron chi connectivity index (χ4n) is 4.68. The van der Waals surface area contributed by atoms with Crippen LogP contribution in [0.15, 0.2) is 35.4 Å². The number of sulfone groups is 1. The highest BCUT2D eigenvalue weighted by Gasteiger charge is 2.43. The molecule has 2 fully saturated rings. The summed E-state index contributed by atoms with van der Waals surface area (Å²) >= 11 is 11.9. The summed E-state index contributed by atoms with van der Waals surface area (Å²) in [5.74, 6) is -0.0932. The van der Waals surface area contributed by atoms with Crippen molar-refractivity contribution >= 4 is 44.8 Å². The van der Waals surface area contributed by atoms with Crippen LogP contribution in [0.5, 0.6) is 5.75 Å². The SMILES string of the molecule is CC(C)(Oc1ccc(F)c(Cl)c1Cl)C(=O)N[C@H]1C[C@H]2CC[C@@H](C1)N2c1ccc(S(C)(=O)=O)cn1. The third-order valence-corrected chi connectivity index (χ3v) is 8.33. The first kappa shape index (κ1) is 25.0. The lowest BCUT2D eigenvalue weighted by atomic mass is 9.96. The minimum atomic E-state index is -3.30. The van der Waals surface area contributed by atoms with Gasteiger partial charge in [0.1, 0.15) is 22.4 Å². The van der Waals surface area contributed by atoms with Gasteiger partial charge in [0.25, 0.3) is 5.91 Å². The highest BCUT2D eigenvalue weighted by Crippen LogP contribution is 2.39. The smallest absolute Gasteiger partial charge is 0.263 e. The summed E-state index contributed by atoms with van der Waals surface area (Å²) in [5.41, 5.74) is -1.26. The first-order valence-corrected chi connectivity index (χ1v) is 13.6. The highest BCUT2D eigenvalue weighted by molar-refractivity contribution is 7.90. The van der Waals surface area contributed by atoms with Gasteiger partial charge in [-0.05, 0) is 63.8 Å². The average molecular weight is 530 g/mol. The summed E-state index contributed by atoms with van der Waals surface area (Å²) < 4.78 is 42.8. The Kier molecular flexibility index (Phi) is 6.74. The molecule has 0 saturated carbocycles. The van der Waals surface area contributed by atoms with Crippen molar-refractivity contribution in [1.82, 2.24) is 10.3 Å². The van der Waals surface area contributed by atoms with Gasteiger partial charge in [0.15, 0.2) is 15.4 Å². The molecule has 0 spiro atoms. The zero-order valence-electron chi connectivity index (χ0n) is 19.0. The summed E-state index contributed by atoms with van der Waals surface area (Å²) in [6.07, 6.45) is 5.95. The number of ether oxygens (including phenoxy) is 1. The second-order valence-corrected chi connectivity index (χ2v) is 12.1. The van der Waals surface area contributed by atoms with Crippen LogP contribution in [0.2, 0.25) is 10.0 Å². The van der Waals surface area contributed by atoms with Gasteiger partial charge in [-0.2, -0.15) is 0 Å². The Labute approximate surface area is 208 Å². The van der Waals surface area contributed by atoms with Gasteiger partial charge in [-0.25, -0.2) is 17.8 Å². The van der Waals surface area contributed by atoms with Gasteiger partial charge in [0.05, 0.1) is 9.92 Å². The largest absolute Gasteiger partial charge is 0.476 e. The molecular formula is C23H26Cl2FN3O4S. The number of hydrogen-bond acceptors (Lipinski definition) is 6. The zero-order valence-corrected chi connectivity index (χ0v) is 21.3. The van der Waals surface area contributed by atoms with Crippen LogP contribution in [-0.4, -0.2) is 49.3 Å². The molecule has 1 aromatic carbocycles. The molecule has 34 heavy (non-hydrogen) atoms. The van der Waals surface area contributed by atoms with E-state index in [0.717, 1.165) is 43.8 Å². The molecule has 2 saturated heterocycles. The van der Waals surface area contributed by atoms with Crippen LogP contribution < -0.4 is 15.0 Å². The maximum absolute atomic E-state index is 13.6. The molecule has 7 nitrogen and oxygen atoms in total. The Hall–Kier alpha value is -2.10. The first-order valence-electron chi connectivity index (χ1n) is 10.9. The van der Waals surface area contributed by atoms with Crippen LogP contribution in [0, 0.1) is 5.82 Å². The van der Waals surface area contributed by atoms with Crippen LogP contribution >= 0.6 is 23.2 Å². The summed E-state index contributed by atoms with van der Waals surface area (Å²) in [7, 11) is -3.30. The predicted octanol–water partition coefficient (Wildman–Crippen LogP) is 4.40. The molecule has 0 radical (unpaired) electrons. The van der Waals surface area contributed by atoms with Crippen LogP contribution in [0.25, 0.3) is 0 Å². The Morgan fingerprint density at radius 2 is 1.79 bits per heavy atom. The number of amides is 1. The number of anilines is 1. The Morgan fingerprint density at radius 1 is 1.15 bits per heavy atom. The van der Waals surface area contributed by atoms with Gasteiger partial charge in [0.2, 0.25) is 0 Å². The van der Waals surface area contributed by atoms with Gasteiger partial charge in [-0.1, -0.05) is 23.2 Å².